The first-order valence-corrected chi connectivity index (χ1v) is 8.92. The van der Waals surface area contributed by atoms with E-state index in [0.717, 1.165) is 49.8 Å². The lowest BCUT2D eigenvalue weighted by Crippen LogP contribution is -2.48. The Morgan fingerprint density at radius 3 is 2.40 bits per heavy atom. The molecule has 3 heterocycles. The molecule has 0 bridgehead atoms. The summed E-state index contributed by atoms with van der Waals surface area (Å²) in [6, 6.07) is 2.05. The van der Waals surface area contributed by atoms with Crippen LogP contribution in [0, 0.1) is 20.8 Å². The molecule has 0 aliphatic carbocycles. The Balaban J connectivity index is 1.46. The largest absolute Gasteiger partial charge is 0.340 e. The van der Waals surface area contributed by atoms with Crippen LogP contribution in [0.2, 0.25) is 0 Å². The number of piperazine rings is 1. The number of carbonyl (C=O) groups excluding carboxylic acids is 1. The third-order valence-electron chi connectivity index (χ3n) is 4.87. The summed E-state index contributed by atoms with van der Waals surface area (Å²) in [6.07, 6.45) is 2.60. The van der Waals surface area contributed by atoms with Crippen molar-refractivity contribution in [1.82, 2.24) is 29.4 Å². The predicted molar refractivity (Wildman–Crippen MR) is 96.1 cm³/mol. The van der Waals surface area contributed by atoms with Gasteiger partial charge in [-0.25, -0.2) is 0 Å². The van der Waals surface area contributed by atoms with E-state index in [2.05, 4.69) is 21.3 Å². The molecule has 1 saturated heterocycles. The van der Waals surface area contributed by atoms with Crippen molar-refractivity contribution in [2.45, 2.75) is 40.3 Å². The lowest BCUT2D eigenvalue weighted by atomic mass is 10.2. The number of carbonyl (C=O) groups is 1. The van der Waals surface area contributed by atoms with Crippen molar-refractivity contribution in [3.8, 4) is 0 Å². The van der Waals surface area contributed by atoms with Crippen LogP contribution in [0.1, 0.15) is 29.1 Å². The minimum atomic E-state index is 0.227. The first-order chi connectivity index (χ1) is 11.9. The molecule has 0 unspecified atom stereocenters. The highest BCUT2D eigenvalue weighted by atomic mass is 16.2. The van der Waals surface area contributed by atoms with Crippen molar-refractivity contribution in [2.24, 2.45) is 7.05 Å². The van der Waals surface area contributed by atoms with Crippen LogP contribution in [0.25, 0.3) is 0 Å². The highest BCUT2D eigenvalue weighted by Crippen LogP contribution is 2.12. The number of aromatic nitrogens is 4. The average Bonchev–Trinajstić information content (AvgIpc) is 3.06. The Hall–Kier alpha value is -2.15. The standard InChI is InChI=1S/C18H28N6O/c1-14-11-15(2)24(19-14)6-5-18(25)23-9-7-22(8-10-23)13-17-12-21(4)20-16(17)3/h11-12H,5-10,13H2,1-4H3. The van der Waals surface area contributed by atoms with Gasteiger partial charge in [0.15, 0.2) is 0 Å². The number of aryl methyl sites for hydroxylation is 5. The van der Waals surface area contributed by atoms with Gasteiger partial charge < -0.3 is 4.90 Å². The molecule has 3 rings (SSSR count). The molecule has 1 aliphatic rings. The van der Waals surface area contributed by atoms with E-state index in [9.17, 15) is 4.79 Å². The summed E-state index contributed by atoms with van der Waals surface area (Å²) in [4.78, 5) is 16.8. The highest BCUT2D eigenvalue weighted by Gasteiger charge is 2.22. The molecule has 0 atom stereocenters. The summed E-state index contributed by atoms with van der Waals surface area (Å²) in [5.74, 6) is 0.227. The van der Waals surface area contributed by atoms with Crippen LogP contribution in [0.15, 0.2) is 12.3 Å². The maximum atomic E-state index is 12.5. The van der Waals surface area contributed by atoms with Crippen molar-refractivity contribution >= 4 is 5.91 Å². The quantitative estimate of drug-likeness (QED) is 0.820. The monoisotopic (exact) mass is 344 g/mol. The van der Waals surface area contributed by atoms with Gasteiger partial charge in [-0.05, 0) is 26.8 Å². The van der Waals surface area contributed by atoms with E-state index < -0.39 is 0 Å². The van der Waals surface area contributed by atoms with Gasteiger partial charge in [-0.1, -0.05) is 0 Å². The Morgan fingerprint density at radius 2 is 1.84 bits per heavy atom. The van der Waals surface area contributed by atoms with Gasteiger partial charge in [0, 0.05) is 70.2 Å². The van der Waals surface area contributed by atoms with Crippen LogP contribution in [0.5, 0.6) is 0 Å². The summed E-state index contributed by atoms with van der Waals surface area (Å²) in [6.45, 7) is 11.1. The van der Waals surface area contributed by atoms with Gasteiger partial charge in [0.2, 0.25) is 5.91 Å². The van der Waals surface area contributed by atoms with Crippen LogP contribution in [0.3, 0.4) is 0 Å². The summed E-state index contributed by atoms with van der Waals surface area (Å²) in [5.41, 5.74) is 4.48. The predicted octanol–water partition coefficient (Wildman–Crippen LogP) is 1.28. The van der Waals surface area contributed by atoms with Gasteiger partial charge in [-0.3, -0.25) is 19.1 Å². The third kappa shape index (κ3) is 4.28. The molecule has 1 amide bonds. The smallest absolute Gasteiger partial charge is 0.224 e. The maximum Gasteiger partial charge on any atom is 0.224 e. The van der Waals surface area contributed by atoms with Crippen LogP contribution in [0.4, 0.5) is 0 Å². The zero-order valence-electron chi connectivity index (χ0n) is 15.7. The highest BCUT2D eigenvalue weighted by molar-refractivity contribution is 5.76. The van der Waals surface area contributed by atoms with Crippen molar-refractivity contribution in [2.75, 3.05) is 26.2 Å². The Morgan fingerprint density at radius 1 is 1.12 bits per heavy atom. The van der Waals surface area contributed by atoms with Crippen LogP contribution >= 0.6 is 0 Å². The van der Waals surface area contributed by atoms with Crippen LogP contribution < -0.4 is 0 Å². The molecule has 136 valence electrons. The molecule has 1 fully saturated rings. The third-order valence-corrected chi connectivity index (χ3v) is 4.87. The lowest BCUT2D eigenvalue weighted by molar-refractivity contribution is -0.133. The molecule has 0 spiro atoms. The topological polar surface area (TPSA) is 59.2 Å². The average molecular weight is 344 g/mol. The van der Waals surface area contributed by atoms with Gasteiger partial charge >= 0.3 is 0 Å². The molecule has 0 saturated carbocycles. The number of nitrogens with zero attached hydrogens (tertiary/aromatic N) is 6. The molecule has 0 aromatic carbocycles. The fourth-order valence-electron chi connectivity index (χ4n) is 3.46. The van der Waals surface area contributed by atoms with E-state index in [1.165, 1.54) is 5.56 Å². The molecule has 0 N–H and O–H groups in total. The normalized spacial score (nSPS) is 15.8. The summed E-state index contributed by atoms with van der Waals surface area (Å²) < 4.78 is 3.79. The maximum absolute atomic E-state index is 12.5. The second-order valence-corrected chi connectivity index (χ2v) is 6.97. The number of amides is 1. The van der Waals surface area contributed by atoms with Crippen molar-refractivity contribution in [1.29, 1.82) is 0 Å². The molecule has 2 aromatic heterocycles. The number of hydrogen-bond acceptors (Lipinski definition) is 4. The molecule has 2 aromatic rings. The molecule has 7 heteroatoms. The van der Waals surface area contributed by atoms with E-state index in [4.69, 9.17) is 0 Å². The van der Waals surface area contributed by atoms with Gasteiger partial charge in [0.1, 0.15) is 0 Å². The first-order valence-electron chi connectivity index (χ1n) is 8.92. The minimum absolute atomic E-state index is 0.227. The minimum Gasteiger partial charge on any atom is -0.340 e. The SMILES string of the molecule is Cc1cc(C)n(CCC(=O)N2CCN(Cc3cn(C)nc3C)CC2)n1. The zero-order valence-corrected chi connectivity index (χ0v) is 15.7. The van der Waals surface area contributed by atoms with Gasteiger partial charge in [0.05, 0.1) is 11.4 Å². The fourth-order valence-corrected chi connectivity index (χ4v) is 3.46. The Bertz CT molecular complexity index is 739. The second kappa shape index (κ2) is 7.39. The van der Waals surface area contributed by atoms with E-state index >= 15 is 0 Å². The molecular weight excluding hydrogens is 316 g/mol. The van der Waals surface area contributed by atoms with Crippen LogP contribution in [-0.2, 0) is 24.9 Å². The van der Waals surface area contributed by atoms with E-state index in [1.807, 2.05) is 48.1 Å². The van der Waals surface area contributed by atoms with Crippen LogP contribution in [-0.4, -0.2) is 61.4 Å². The molecule has 25 heavy (non-hydrogen) atoms. The summed E-state index contributed by atoms with van der Waals surface area (Å²) in [7, 11) is 1.95. The summed E-state index contributed by atoms with van der Waals surface area (Å²) in [5, 5.41) is 8.83. The molecule has 0 radical (unpaired) electrons. The number of rotatable bonds is 5. The molecule has 7 nitrogen and oxygen atoms in total. The summed E-state index contributed by atoms with van der Waals surface area (Å²) >= 11 is 0. The number of hydrogen-bond donors (Lipinski definition) is 0. The van der Waals surface area contributed by atoms with Gasteiger partial charge in [-0.15, -0.1) is 0 Å². The van der Waals surface area contributed by atoms with Gasteiger partial charge in [0.25, 0.3) is 0 Å². The van der Waals surface area contributed by atoms with E-state index in [1.54, 1.807) is 0 Å². The Labute approximate surface area is 149 Å². The van der Waals surface area contributed by atoms with Crippen molar-refractivity contribution in [3.63, 3.8) is 0 Å². The van der Waals surface area contributed by atoms with E-state index in [-0.39, 0.29) is 5.91 Å². The molecular formula is C18H28N6O. The van der Waals surface area contributed by atoms with Crippen molar-refractivity contribution < 1.29 is 4.79 Å². The fraction of sp³-hybridized carbons (Fsp3) is 0.611. The van der Waals surface area contributed by atoms with E-state index in [0.29, 0.717) is 13.0 Å². The van der Waals surface area contributed by atoms with Crippen molar-refractivity contribution in [3.05, 3.63) is 34.9 Å². The van der Waals surface area contributed by atoms with Gasteiger partial charge in [-0.2, -0.15) is 10.2 Å². The lowest BCUT2D eigenvalue weighted by Gasteiger charge is -2.34. The Kier molecular flexibility index (Phi) is 5.22. The second-order valence-electron chi connectivity index (χ2n) is 6.97. The first kappa shape index (κ1) is 17.7. The molecule has 1 aliphatic heterocycles. The zero-order chi connectivity index (χ0) is 18.0.